The number of benzene rings is 2. The number of rotatable bonds is 4. The Hall–Kier alpha value is -1.80. The molecule has 0 heterocycles. The second-order valence-electron chi connectivity index (χ2n) is 4.10. The molecule has 0 amide bonds. The Kier molecular flexibility index (Phi) is 3.78. The van der Waals surface area contributed by atoms with Crippen LogP contribution in [0.3, 0.4) is 0 Å². The summed E-state index contributed by atoms with van der Waals surface area (Å²) in [5.74, 6) is 0.302. The van der Waals surface area contributed by atoms with Crippen molar-refractivity contribution in [3.05, 3.63) is 54.1 Å². The van der Waals surface area contributed by atoms with Gasteiger partial charge in [0, 0.05) is 0 Å². The highest BCUT2D eigenvalue weighted by atomic mass is 16.3. The van der Waals surface area contributed by atoms with Crippen LogP contribution in [0.2, 0.25) is 0 Å². The van der Waals surface area contributed by atoms with Gasteiger partial charge in [-0.2, -0.15) is 0 Å². The number of aromatic hydroxyl groups is 1. The fourth-order valence-corrected chi connectivity index (χ4v) is 1.99. The Morgan fingerprint density at radius 2 is 1.82 bits per heavy atom. The third-order valence-corrected chi connectivity index (χ3v) is 2.82. The molecule has 2 nitrogen and oxygen atoms in total. The molecule has 2 heteroatoms. The van der Waals surface area contributed by atoms with Gasteiger partial charge in [0.05, 0.1) is 0 Å². The van der Waals surface area contributed by atoms with E-state index in [-0.39, 0.29) is 0 Å². The van der Waals surface area contributed by atoms with Gasteiger partial charge in [-0.3, -0.25) is 0 Å². The zero-order valence-corrected chi connectivity index (χ0v) is 9.76. The van der Waals surface area contributed by atoms with Crippen LogP contribution in [0.1, 0.15) is 12.0 Å². The van der Waals surface area contributed by atoms with Crippen molar-refractivity contribution < 1.29 is 5.11 Å². The first-order chi connectivity index (χ1) is 8.31. The van der Waals surface area contributed by atoms with Crippen molar-refractivity contribution in [3.8, 4) is 16.9 Å². The topological polar surface area (TPSA) is 46.2 Å². The lowest BCUT2D eigenvalue weighted by atomic mass is 9.96. The third-order valence-electron chi connectivity index (χ3n) is 2.82. The first kappa shape index (κ1) is 11.7. The quantitative estimate of drug-likeness (QED) is 0.843. The molecule has 0 aliphatic rings. The molecule has 2 aromatic carbocycles. The second-order valence-corrected chi connectivity index (χ2v) is 4.10. The van der Waals surface area contributed by atoms with E-state index in [0.717, 1.165) is 18.4 Å². The molecule has 88 valence electrons. The standard InChI is InChI=1S/C15H17NO/c16-10-4-7-12-5-1-2-9-15(12)13-6-3-8-14(17)11-13/h1-3,5-6,8-9,11,17H,4,7,10,16H2. The molecule has 0 unspecified atom stereocenters. The molecule has 2 rings (SSSR count). The summed E-state index contributed by atoms with van der Waals surface area (Å²) in [7, 11) is 0. The highest BCUT2D eigenvalue weighted by Gasteiger charge is 2.04. The van der Waals surface area contributed by atoms with Crippen molar-refractivity contribution in [3.63, 3.8) is 0 Å². The van der Waals surface area contributed by atoms with Crippen LogP contribution in [0.15, 0.2) is 48.5 Å². The molecule has 0 aliphatic carbocycles. The lowest BCUT2D eigenvalue weighted by molar-refractivity contribution is 0.475. The number of aryl methyl sites for hydroxylation is 1. The highest BCUT2D eigenvalue weighted by molar-refractivity contribution is 5.68. The van der Waals surface area contributed by atoms with E-state index in [4.69, 9.17) is 5.73 Å². The smallest absolute Gasteiger partial charge is 0.116 e. The maximum atomic E-state index is 9.52. The molecule has 0 aromatic heterocycles. The maximum Gasteiger partial charge on any atom is 0.116 e. The predicted octanol–water partition coefficient (Wildman–Crippen LogP) is 2.95. The Balaban J connectivity index is 2.37. The number of phenolic OH excluding ortho intramolecular Hbond substituents is 1. The van der Waals surface area contributed by atoms with E-state index in [1.807, 2.05) is 24.3 Å². The van der Waals surface area contributed by atoms with Crippen LogP contribution in [0.4, 0.5) is 0 Å². The average molecular weight is 227 g/mol. The molecule has 0 atom stereocenters. The van der Waals surface area contributed by atoms with Crippen LogP contribution in [0.25, 0.3) is 11.1 Å². The van der Waals surface area contributed by atoms with Gasteiger partial charge in [-0.05, 0) is 48.2 Å². The summed E-state index contributed by atoms with van der Waals surface area (Å²) in [5.41, 5.74) is 9.06. The monoisotopic (exact) mass is 227 g/mol. The molecule has 0 radical (unpaired) electrons. The molecule has 0 aliphatic heterocycles. The summed E-state index contributed by atoms with van der Waals surface area (Å²) in [5, 5.41) is 9.52. The largest absolute Gasteiger partial charge is 0.508 e. The molecule has 2 aromatic rings. The molecule has 0 saturated heterocycles. The van der Waals surface area contributed by atoms with Gasteiger partial charge in [0.2, 0.25) is 0 Å². The Morgan fingerprint density at radius 3 is 2.59 bits per heavy atom. The van der Waals surface area contributed by atoms with E-state index in [1.165, 1.54) is 11.1 Å². The van der Waals surface area contributed by atoms with Crippen LogP contribution in [-0.4, -0.2) is 11.7 Å². The van der Waals surface area contributed by atoms with E-state index in [9.17, 15) is 5.11 Å². The van der Waals surface area contributed by atoms with Crippen LogP contribution < -0.4 is 5.73 Å². The zero-order valence-electron chi connectivity index (χ0n) is 9.76. The second kappa shape index (κ2) is 5.51. The minimum Gasteiger partial charge on any atom is -0.508 e. The lowest BCUT2D eigenvalue weighted by Gasteiger charge is -2.09. The van der Waals surface area contributed by atoms with Crippen molar-refractivity contribution in [2.45, 2.75) is 12.8 Å². The fourth-order valence-electron chi connectivity index (χ4n) is 1.99. The first-order valence-corrected chi connectivity index (χ1v) is 5.88. The van der Waals surface area contributed by atoms with Crippen LogP contribution in [0, 0.1) is 0 Å². The molecule has 0 bridgehead atoms. The predicted molar refractivity (Wildman–Crippen MR) is 70.9 cm³/mol. The molecule has 17 heavy (non-hydrogen) atoms. The van der Waals surface area contributed by atoms with Crippen LogP contribution in [-0.2, 0) is 6.42 Å². The summed E-state index contributed by atoms with van der Waals surface area (Å²) in [6.45, 7) is 0.703. The van der Waals surface area contributed by atoms with Gasteiger partial charge in [-0.15, -0.1) is 0 Å². The molecule has 0 spiro atoms. The molecule has 0 saturated carbocycles. The normalized spacial score (nSPS) is 10.4. The van der Waals surface area contributed by atoms with E-state index < -0.39 is 0 Å². The van der Waals surface area contributed by atoms with Crippen LogP contribution >= 0.6 is 0 Å². The zero-order chi connectivity index (χ0) is 12.1. The Morgan fingerprint density at radius 1 is 1.00 bits per heavy atom. The van der Waals surface area contributed by atoms with Crippen molar-refractivity contribution in [2.24, 2.45) is 5.73 Å². The Labute approximate surface area is 102 Å². The lowest BCUT2D eigenvalue weighted by Crippen LogP contribution is -2.01. The minimum absolute atomic E-state index is 0.302. The van der Waals surface area contributed by atoms with Gasteiger partial charge in [0.1, 0.15) is 5.75 Å². The maximum absolute atomic E-state index is 9.52. The highest BCUT2D eigenvalue weighted by Crippen LogP contribution is 2.27. The van der Waals surface area contributed by atoms with Gasteiger partial charge < -0.3 is 10.8 Å². The van der Waals surface area contributed by atoms with E-state index in [2.05, 4.69) is 12.1 Å². The molecule has 3 N–H and O–H groups in total. The SMILES string of the molecule is NCCCc1ccccc1-c1cccc(O)c1. The van der Waals surface area contributed by atoms with E-state index in [0.29, 0.717) is 12.3 Å². The van der Waals surface area contributed by atoms with Crippen molar-refractivity contribution in [2.75, 3.05) is 6.54 Å². The first-order valence-electron chi connectivity index (χ1n) is 5.88. The van der Waals surface area contributed by atoms with E-state index in [1.54, 1.807) is 12.1 Å². The fraction of sp³-hybridized carbons (Fsp3) is 0.200. The van der Waals surface area contributed by atoms with Crippen molar-refractivity contribution in [1.82, 2.24) is 0 Å². The van der Waals surface area contributed by atoms with Gasteiger partial charge in [0.15, 0.2) is 0 Å². The summed E-state index contributed by atoms with van der Waals surface area (Å²) in [6, 6.07) is 15.6. The Bertz CT molecular complexity index is 494. The van der Waals surface area contributed by atoms with Gasteiger partial charge in [0.25, 0.3) is 0 Å². The average Bonchev–Trinajstić information content (AvgIpc) is 2.37. The van der Waals surface area contributed by atoms with Crippen LogP contribution in [0.5, 0.6) is 5.75 Å². The summed E-state index contributed by atoms with van der Waals surface area (Å²) in [6.07, 6.45) is 1.96. The molecular weight excluding hydrogens is 210 g/mol. The molecule has 0 fully saturated rings. The third kappa shape index (κ3) is 2.86. The van der Waals surface area contributed by atoms with Gasteiger partial charge >= 0.3 is 0 Å². The van der Waals surface area contributed by atoms with Gasteiger partial charge in [-0.1, -0.05) is 36.4 Å². The summed E-state index contributed by atoms with van der Waals surface area (Å²) in [4.78, 5) is 0. The number of hydrogen-bond donors (Lipinski definition) is 2. The number of nitrogens with two attached hydrogens (primary N) is 1. The summed E-state index contributed by atoms with van der Waals surface area (Å²) < 4.78 is 0. The van der Waals surface area contributed by atoms with E-state index >= 15 is 0 Å². The van der Waals surface area contributed by atoms with Crippen molar-refractivity contribution in [1.29, 1.82) is 0 Å². The van der Waals surface area contributed by atoms with Crippen molar-refractivity contribution >= 4 is 0 Å². The number of hydrogen-bond acceptors (Lipinski definition) is 2. The molecular formula is C15H17NO. The van der Waals surface area contributed by atoms with Gasteiger partial charge in [-0.25, -0.2) is 0 Å². The number of phenols is 1. The summed E-state index contributed by atoms with van der Waals surface area (Å²) >= 11 is 0. The minimum atomic E-state index is 0.302.